The molecular formula is C14H17Cl3N2O2. The van der Waals surface area contributed by atoms with Crippen molar-refractivity contribution in [2.24, 2.45) is 5.73 Å². The second-order valence-electron chi connectivity index (χ2n) is 6.06. The van der Waals surface area contributed by atoms with Crippen LogP contribution >= 0.6 is 35.6 Å². The molecule has 2 saturated carbocycles. The van der Waals surface area contributed by atoms with Crippen LogP contribution in [0.4, 0.5) is 0 Å². The Morgan fingerprint density at radius 3 is 2.38 bits per heavy atom. The van der Waals surface area contributed by atoms with Crippen LogP contribution in [-0.2, 0) is 0 Å². The average Bonchev–Trinajstić information content (AvgIpc) is 2.86. The van der Waals surface area contributed by atoms with Crippen molar-refractivity contribution in [3.05, 3.63) is 27.7 Å². The summed E-state index contributed by atoms with van der Waals surface area (Å²) in [7, 11) is 0. The van der Waals surface area contributed by atoms with Crippen LogP contribution in [0.1, 0.15) is 42.5 Å². The van der Waals surface area contributed by atoms with Gasteiger partial charge >= 0.3 is 0 Å². The summed E-state index contributed by atoms with van der Waals surface area (Å²) in [5, 5.41) is 13.3. The van der Waals surface area contributed by atoms with Gasteiger partial charge in [-0.25, -0.2) is 0 Å². The summed E-state index contributed by atoms with van der Waals surface area (Å²) >= 11 is 11.7. The number of fused-ring (bicyclic) bond motifs is 2. The minimum atomic E-state index is -0.349. The third-order valence-electron chi connectivity index (χ3n) is 4.54. The van der Waals surface area contributed by atoms with E-state index in [1.165, 1.54) is 12.1 Å². The van der Waals surface area contributed by atoms with Gasteiger partial charge in [0.25, 0.3) is 5.91 Å². The van der Waals surface area contributed by atoms with Gasteiger partial charge in [-0.05, 0) is 44.2 Å². The molecule has 1 amide bonds. The fraction of sp³-hybridized carbons (Fsp3) is 0.500. The van der Waals surface area contributed by atoms with Gasteiger partial charge in [-0.3, -0.25) is 4.79 Å². The minimum absolute atomic E-state index is 0. The van der Waals surface area contributed by atoms with E-state index in [0.717, 1.165) is 32.1 Å². The lowest BCUT2D eigenvalue weighted by Crippen LogP contribution is -2.45. The largest absolute Gasteiger partial charge is 0.506 e. The van der Waals surface area contributed by atoms with Crippen molar-refractivity contribution in [3.8, 4) is 5.75 Å². The number of hydrogen-bond donors (Lipinski definition) is 3. The normalized spacial score (nSPS) is 30.0. The zero-order valence-electron chi connectivity index (χ0n) is 11.3. The topological polar surface area (TPSA) is 75.3 Å². The first kappa shape index (κ1) is 16.7. The van der Waals surface area contributed by atoms with Crippen molar-refractivity contribution in [1.29, 1.82) is 0 Å². The van der Waals surface area contributed by atoms with Crippen LogP contribution in [0, 0.1) is 0 Å². The van der Waals surface area contributed by atoms with E-state index >= 15 is 0 Å². The lowest BCUT2D eigenvalue weighted by atomic mass is 9.91. The molecule has 21 heavy (non-hydrogen) atoms. The van der Waals surface area contributed by atoms with Crippen LogP contribution in [0.5, 0.6) is 5.75 Å². The Balaban J connectivity index is 0.00000161. The highest BCUT2D eigenvalue weighted by Gasteiger charge is 2.53. The lowest BCUT2D eigenvalue weighted by Gasteiger charge is -2.28. The molecule has 2 fully saturated rings. The fourth-order valence-electron chi connectivity index (χ4n) is 3.47. The van der Waals surface area contributed by atoms with Gasteiger partial charge in [-0.2, -0.15) is 0 Å². The van der Waals surface area contributed by atoms with E-state index < -0.39 is 0 Å². The van der Waals surface area contributed by atoms with Gasteiger partial charge in [0.2, 0.25) is 0 Å². The highest BCUT2D eigenvalue weighted by molar-refractivity contribution is 6.36. The summed E-state index contributed by atoms with van der Waals surface area (Å²) in [6, 6.07) is 2.83. The number of carbonyl (C=O) groups is 1. The molecule has 0 aliphatic heterocycles. The highest BCUT2D eigenvalue weighted by atomic mass is 35.5. The molecule has 0 radical (unpaired) electrons. The smallest absolute Gasteiger partial charge is 0.255 e. The highest BCUT2D eigenvalue weighted by Crippen LogP contribution is 2.49. The standard InChI is InChI=1S/C14H16Cl2N2O2.ClH/c15-8-5-9(11(19)10(16)6-8)12(20)18-14-3-1-13(17,7-14)2-4-14;/h5-6,19H,1-4,7,17H2,(H,18,20);1H. The summed E-state index contributed by atoms with van der Waals surface area (Å²) in [5.41, 5.74) is 5.96. The van der Waals surface area contributed by atoms with Crippen LogP contribution in [-0.4, -0.2) is 22.1 Å². The molecule has 0 atom stereocenters. The molecule has 2 aliphatic rings. The first-order chi connectivity index (χ1) is 9.33. The van der Waals surface area contributed by atoms with Crippen LogP contribution in [0.3, 0.4) is 0 Å². The summed E-state index contributed by atoms with van der Waals surface area (Å²) in [6.07, 6.45) is 4.40. The molecule has 3 rings (SSSR count). The van der Waals surface area contributed by atoms with E-state index in [4.69, 9.17) is 28.9 Å². The molecule has 1 aromatic rings. The summed E-state index contributed by atoms with van der Waals surface area (Å²) in [5.74, 6) is -0.585. The molecule has 7 heteroatoms. The van der Waals surface area contributed by atoms with Crippen molar-refractivity contribution < 1.29 is 9.90 Å². The third-order valence-corrected chi connectivity index (χ3v) is 5.05. The Morgan fingerprint density at radius 2 is 1.86 bits per heavy atom. The third kappa shape index (κ3) is 2.95. The molecule has 0 unspecified atom stereocenters. The number of nitrogens with one attached hydrogen (secondary N) is 1. The summed E-state index contributed by atoms with van der Waals surface area (Å²) in [6.45, 7) is 0. The number of nitrogens with two attached hydrogens (primary N) is 1. The quantitative estimate of drug-likeness (QED) is 0.765. The van der Waals surface area contributed by atoms with Crippen molar-refractivity contribution in [2.75, 3.05) is 0 Å². The number of aromatic hydroxyl groups is 1. The molecule has 2 aliphatic carbocycles. The van der Waals surface area contributed by atoms with Gasteiger partial charge in [0.15, 0.2) is 0 Å². The van der Waals surface area contributed by atoms with Gasteiger partial charge in [0.05, 0.1) is 10.6 Å². The van der Waals surface area contributed by atoms with Crippen molar-refractivity contribution in [2.45, 2.75) is 43.2 Å². The molecule has 2 bridgehead atoms. The Kier molecular flexibility index (Phi) is 4.37. The SMILES string of the molecule is Cl.NC12CCC(NC(=O)c3cc(Cl)cc(Cl)c3O)(CC1)C2. The summed E-state index contributed by atoms with van der Waals surface area (Å²) < 4.78 is 0. The van der Waals surface area contributed by atoms with Gasteiger partial charge in [-0.15, -0.1) is 12.4 Å². The minimum Gasteiger partial charge on any atom is -0.506 e. The number of phenolic OH excluding ortho intramolecular Hbond substituents is 1. The van der Waals surface area contributed by atoms with Gasteiger partial charge in [0.1, 0.15) is 5.75 Å². The molecule has 0 heterocycles. The Bertz CT molecular complexity index is 584. The number of phenols is 1. The number of halogens is 3. The van der Waals surface area contributed by atoms with Crippen LogP contribution in [0.15, 0.2) is 12.1 Å². The van der Waals surface area contributed by atoms with E-state index in [1.54, 1.807) is 0 Å². The molecule has 1 aromatic carbocycles. The number of hydrogen-bond acceptors (Lipinski definition) is 3. The van der Waals surface area contributed by atoms with Crippen LogP contribution in [0.25, 0.3) is 0 Å². The van der Waals surface area contributed by atoms with Crippen molar-refractivity contribution in [3.63, 3.8) is 0 Å². The monoisotopic (exact) mass is 350 g/mol. The van der Waals surface area contributed by atoms with Crippen LogP contribution in [0.2, 0.25) is 10.0 Å². The number of rotatable bonds is 2. The second kappa shape index (κ2) is 5.51. The number of amides is 1. The van der Waals surface area contributed by atoms with Crippen molar-refractivity contribution in [1.82, 2.24) is 5.32 Å². The molecule has 4 nitrogen and oxygen atoms in total. The van der Waals surface area contributed by atoms with Crippen LogP contribution < -0.4 is 11.1 Å². The summed E-state index contributed by atoms with van der Waals surface area (Å²) in [4.78, 5) is 12.4. The van der Waals surface area contributed by atoms with E-state index in [9.17, 15) is 9.90 Å². The predicted octanol–water partition coefficient (Wildman–Crippen LogP) is 3.26. The molecule has 0 spiro atoms. The molecule has 0 aromatic heterocycles. The molecule has 116 valence electrons. The average molecular weight is 352 g/mol. The predicted molar refractivity (Wildman–Crippen MR) is 85.6 cm³/mol. The number of carbonyl (C=O) groups excluding carboxylic acids is 1. The second-order valence-corrected chi connectivity index (χ2v) is 6.90. The maximum atomic E-state index is 12.4. The van der Waals surface area contributed by atoms with Gasteiger partial charge in [0, 0.05) is 16.1 Å². The maximum absolute atomic E-state index is 12.4. The van der Waals surface area contributed by atoms with Gasteiger partial charge in [-0.1, -0.05) is 23.2 Å². The van der Waals surface area contributed by atoms with E-state index in [0.29, 0.717) is 5.02 Å². The van der Waals surface area contributed by atoms with E-state index in [1.807, 2.05) is 0 Å². The maximum Gasteiger partial charge on any atom is 0.255 e. The van der Waals surface area contributed by atoms with Crippen molar-refractivity contribution >= 4 is 41.5 Å². The Morgan fingerprint density at radius 1 is 1.24 bits per heavy atom. The molecule has 4 N–H and O–H groups in total. The number of benzene rings is 1. The molecular weight excluding hydrogens is 335 g/mol. The Labute approximate surface area is 139 Å². The zero-order chi connectivity index (χ0) is 14.5. The Hall–Kier alpha value is -0.680. The van der Waals surface area contributed by atoms with E-state index in [2.05, 4.69) is 5.32 Å². The first-order valence-electron chi connectivity index (χ1n) is 6.62. The molecule has 0 saturated heterocycles. The first-order valence-corrected chi connectivity index (χ1v) is 7.38. The zero-order valence-corrected chi connectivity index (χ0v) is 13.6. The van der Waals surface area contributed by atoms with E-state index in [-0.39, 0.29) is 45.7 Å². The lowest BCUT2D eigenvalue weighted by molar-refractivity contribution is 0.0898. The fourth-order valence-corrected chi connectivity index (χ4v) is 3.96. The van der Waals surface area contributed by atoms with Gasteiger partial charge < -0.3 is 16.2 Å².